The van der Waals surface area contributed by atoms with Crippen LogP contribution in [0.4, 0.5) is 4.39 Å². The zero-order chi connectivity index (χ0) is 23.6. The molecule has 1 aliphatic rings. The summed E-state index contributed by atoms with van der Waals surface area (Å²) in [6, 6.07) is 7.71. The molecule has 3 aromatic rings. The van der Waals surface area contributed by atoms with Crippen LogP contribution in [0.25, 0.3) is 10.2 Å². The molecule has 0 saturated carbocycles. The van der Waals surface area contributed by atoms with Crippen molar-refractivity contribution in [1.29, 1.82) is 0 Å². The topological polar surface area (TPSA) is 98.0 Å². The molecule has 0 N–H and O–H groups in total. The van der Waals surface area contributed by atoms with Crippen molar-refractivity contribution in [2.75, 3.05) is 19.7 Å². The van der Waals surface area contributed by atoms with E-state index >= 15 is 0 Å². The van der Waals surface area contributed by atoms with Gasteiger partial charge >= 0.3 is 5.97 Å². The van der Waals surface area contributed by atoms with E-state index in [1.165, 1.54) is 14.9 Å². The quantitative estimate of drug-likeness (QED) is 0.474. The van der Waals surface area contributed by atoms with E-state index in [2.05, 4.69) is 4.99 Å². The van der Waals surface area contributed by atoms with Gasteiger partial charge < -0.3 is 9.30 Å². The van der Waals surface area contributed by atoms with E-state index in [0.29, 0.717) is 24.1 Å². The van der Waals surface area contributed by atoms with E-state index in [1.54, 1.807) is 36.6 Å². The summed E-state index contributed by atoms with van der Waals surface area (Å²) in [7, 11) is -3.67. The fourth-order valence-electron chi connectivity index (χ4n) is 3.74. The second-order valence-corrected chi connectivity index (χ2v) is 11.6. The third kappa shape index (κ3) is 4.93. The van der Waals surface area contributed by atoms with Crippen molar-refractivity contribution >= 4 is 54.8 Å². The normalized spacial score (nSPS) is 18.0. The molecule has 176 valence electrons. The number of ether oxygens (including phenoxy) is 1. The van der Waals surface area contributed by atoms with Crippen molar-refractivity contribution in [1.82, 2.24) is 8.87 Å². The number of benzene rings is 1. The van der Waals surface area contributed by atoms with Crippen LogP contribution in [0, 0.1) is 11.7 Å². The summed E-state index contributed by atoms with van der Waals surface area (Å²) < 4.78 is 48.7. The van der Waals surface area contributed by atoms with Crippen molar-refractivity contribution in [3.8, 4) is 0 Å². The summed E-state index contributed by atoms with van der Waals surface area (Å²) in [4.78, 5) is 29.5. The number of aromatic nitrogens is 1. The molecule has 3 heterocycles. The van der Waals surface area contributed by atoms with Gasteiger partial charge in [0.2, 0.25) is 0 Å². The molecule has 33 heavy (non-hydrogen) atoms. The monoisotopic (exact) mass is 511 g/mol. The lowest BCUT2D eigenvalue weighted by atomic mass is 9.99. The molecule has 12 heteroatoms. The highest BCUT2D eigenvalue weighted by atomic mass is 32.2. The number of thiazole rings is 1. The maximum absolute atomic E-state index is 14.5. The summed E-state index contributed by atoms with van der Waals surface area (Å²) in [5, 5.41) is 1.69. The van der Waals surface area contributed by atoms with Crippen LogP contribution in [0.2, 0.25) is 0 Å². The summed E-state index contributed by atoms with van der Waals surface area (Å²) in [6.45, 7) is 1.92. The highest BCUT2D eigenvalue weighted by Gasteiger charge is 2.34. The van der Waals surface area contributed by atoms with Crippen LogP contribution in [0.15, 0.2) is 44.9 Å². The van der Waals surface area contributed by atoms with E-state index < -0.39 is 33.6 Å². The maximum atomic E-state index is 14.5. The molecule has 0 aliphatic carbocycles. The minimum Gasteiger partial charge on any atom is -0.465 e. The Labute approximate surface area is 198 Å². The van der Waals surface area contributed by atoms with E-state index in [9.17, 15) is 22.4 Å². The number of amides is 1. The maximum Gasteiger partial charge on any atom is 0.326 e. The van der Waals surface area contributed by atoms with E-state index in [-0.39, 0.29) is 34.2 Å². The molecule has 1 atom stereocenters. The number of para-hydroxylation sites is 1. The lowest BCUT2D eigenvalue weighted by molar-refractivity contribution is -0.143. The molecule has 0 bridgehead atoms. The van der Waals surface area contributed by atoms with Crippen LogP contribution in [-0.4, -0.2) is 48.9 Å². The smallest absolute Gasteiger partial charge is 0.326 e. The van der Waals surface area contributed by atoms with Crippen LogP contribution < -0.4 is 4.80 Å². The Morgan fingerprint density at radius 3 is 2.82 bits per heavy atom. The molecule has 0 spiro atoms. The van der Waals surface area contributed by atoms with Crippen molar-refractivity contribution < 1.29 is 27.1 Å². The molecule has 8 nitrogen and oxygen atoms in total. The van der Waals surface area contributed by atoms with Gasteiger partial charge in [0.05, 0.1) is 22.7 Å². The average Bonchev–Trinajstić information content (AvgIpc) is 3.44. The van der Waals surface area contributed by atoms with E-state index in [0.717, 1.165) is 22.7 Å². The van der Waals surface area contributed by atoms with Gasteiger partial charge in [0.25, 0.3) is 15.9 Å². The zero-order valence-electron chi connectivity index (χ0n) is 17.8. The number of hydrogen-bond donors (Lipinski definition) is 0. The van der Waals surface area contributed by atoms with Crippen molar-refractivity contribution in [3.05, 3.63) is 46.3 Å². The predicted molar refractivity (Wildman–Crippen MR) is 123 cm³/mol. The van der Waals surface area contributed by atoms with Gasteiger partial charge in [-0.15, -0.1) is 11.3 Å². The molecule has 1 fully saturated rings. The number of sulfonamides is 1. The first-order chi connectivity index (χ1) is 15.8. The fraction of sp³-hybridized carbons (Fsp3) is 0.381. The lowest BCUT2D eigenvalue weighted by Gasteiger charge is -2.29. The number of piperidine rings is 1. The Morgan fingerprint density at radius 2 is 2.09 bits per heavy atom. The molecule has 4 rings (SSSR count). The number of esters is 1. The summed E-state index contributed by atoms with van der Waals surface area (Å²) in [5.74, 6) is -2.22. The number of hydrogen-bond acceptors (Lipinski definition) is 7. The Hall–Kier alpha value is -2.41. The highest BCUT2D eigenvalue weighted by molar-refractivity contribution is 7.91. The molecule has 1 amide bonds. The van der Waals surface area contributed by atoms with Gasteiger partial charge in [-0.25, -0.2) is 12.8 Å². The summed E-state index contributed by atoms with van der Waals surface area (Å²) in [6.07, 6.45) is 1.02. The molecular weight excluding hydrogens is 489 g/mol. The highest BCUT2D eigenvalue weighted by Crippen LogP contribution is 2.27. The molecule has 1 saturated heterocycles. The molecule has 1 unspecified atom stereocenters. The number of rotatable bonds is 6. The number of nitrogens with zero attached hydrogens (tertiary/aromatic N) is 3. The van der Waals surface area contributed by atoms with E-state index in [4.69, 9.17) is 4.74 Å². The second-order valence-electron chi connectivity index (χ2n) is 7.45. The van der Waals surface area contributed by atoms with Gasteiger partial charge in [-0.3, -0.25) is 9.59 Å². The van der Waals surface area contributed by atoms with Crippen molar-refractivity contribution in [2.45, 2.75) is 30.5 Å². The van der Waals surface area contributed by atoms with Gasteiger partial charge in [-0.2, -0.15) is 9.30 Å². The predicted octanol–water partition coefficient (Wildman–Crippen LogP) is 2.99. The molecule has 1 aliphatic heterocycles. The fourth-order valence-corrected chi connectivity index (χ4v) is 7.46. The van der Waals surface area contributed by atoms with Crippen LogP contribution >= 0.6 is 22.7 Å². The number of carbonyl (C=O) groups is 2. The van der Waals surface area contributed by atoms with Crippen molar-refractivity contribution in [3.63, 3.8) is 0 Å². The van der Waals surface area contributed by atoms with Gasteiger partial charge in [0, 0.05) is 13.1 Å². The van der Waals surface area contributed by atoms with Gasteiger partial charge in [0.1, 0.15) is 16.6 Å². The molecule has 0 radical (unpaired) electrons. The number of carbonyl (C=O) groups excluding carboxylic acids is 2. The zero-order valence-corrected chi connectivity index (χ0v) is 20.2. The summed E-state index contributed by atoms with van der Waals surface area (Å²) >= 11 is 2.22. The van der Waals surface area contributed by atoms with E-state index in [1.807, 2.05) is 0 Å². The van der Waals surface area contributed by atoms with Crippen LogP contribution in [0.5, 0.6) is 0 Å². The van der Waals surface area contributed by atoms with Crippen molar-refractivity contribution in [2.24, 2.45) is 10.9 Å². The first-order valence-electron chi connectivity index (χ1n) is 10.4. The lowest BCUT2D eigenvalue weighted by Crippen LogP contribution is -2.42. The Kier molecular flexibility index (Phi) is 7.07. The molecule has 1 aromatic carbocycles. The number of halogens is 1. The largest absolute Gasteiger partial charge is 0.465 e. The Bertz CT molecular complexity index is 1350. The molecule has 2 aromatic heterocycles. The van der Waals surface area contributed by atoms with Crippen LogP contribution in [-0.2, 0) is 30.9 Å². The molecular formula is C21H22FN3O5S3. The number of thiophene rings is 1. The average molecular weight is 512 g/mol. The third-order valence-electron chi connectivity index (χ3n) is 5.27. The van der Waals surface area contributed by atoms with Gasteiger partial charge in [-0.1, -0.05) is 23.5 Å². The summed E-state index contributed by atoms with van der Waals surface area (Å²) in [5.41, 5.74) is 0.174. The van der Waals surface area contributed by atoms with Gasteiger partial charge in [0.15, 0.2) is 4.80 Å². The van der Waals surface area contributed by atoms with Gasteiger partial charge in [-0.05, 0) is 43.3 Å². The third-order valence-corrected chi connectivity index (χ3v) is 9.55. The second kappa shape index (κ2) is 9.84. The Morgan fingerprint density at radius 1 is 1.27 bits per heavy atom. The van der Waals surface area contributed by atoms with Crippen LogP contribution in [0.1, 0.15) is 19.8 Å². The SMILES string of the molecule is CCOC(=O)Cn1c(=NC(=O)C2CCCN(S(=O)(=O)c3cccs3)C2)sc2cccc(F)c21. The Balaban J connectivity index is 1.66. The first-order valence-corrected chi connectivity index (χ1v) is 13.5. The first kappa shape index (κ1) is 23.7. The standard InChI is InChI=1S/C21H22FN3O5S3/c1-2-30-17(26)13-25-19-15(22)7-3-8-16(19)32-21(25)23-20(27)14-6-4-10-24(12-14)33(28,29)18-9-5-11-31-18/h3,5,7-9,11,14H,2,4,6,10,12-13H2,1H3. The minimum absolute atomic E-state index is 0.0275. The minimum atomic E-state index is -3.67. The number of fused-ring (bicyclic) bond motifs is 1. The van der Waals surface area contributed by atoms with Crippen LogP contribution in [0.3, 0.4) is 0 Å².